The first-order chi connectivity index (χ1) is 9.75. The molecule has 0 saturated carbocycles. The lowest BCUT2D eigenvalue weighted by Crippen LogP contribution is -2.44. The maximum atomic E-state index is 10.5. The topological polar surface area (TPSA) is 55.7 Å². The van der Waals surface area contributed by atoms with Crippen LogP contribution in [0.1, 0.15) is 11.7 Å². The zero-order valence-electron chi connectivity index (χ0n) is 11.4. The third kappa shape index (κ3) is 2.63. The third-order valence-electron chi connectivity index (χ3n) is 3.92. The summed E-state index contributed by atoms with van der Waals surface area (Å²) < 4.78 is 0. The number of benzene rings is 2. The third-order valence-corrected chi connectivity index (χ3v) is 3.92. The highest BCUT2D eigenvalue weighted by molar-refractivity contribution is 5.88. The van der Waals surface area contributed by atoms with E-state index >= 15 is 0 Å². The standard InChI is InChI=1S/C16H20N2O2/c19-14-6-5-12-3-1-2-4-13(12)16(14)15(20)11-18-9-7-17-8-10-18/h1-6,15,17,19-20H,7-11H2. The van der Waals surface area contributed by atoms with Crippen molar-refractivity contribution in [3.8, 4) is 5.75 Å². The summed E-state index contributed by atoms with van der Waals surface area (Å²) in [7, 11) is 0. The van der Waals surface area contributed by atoms with Crippen LogP contribution in [-0.4, -0.2) is 47.8 Å². The van der Waals surface area contributed by atoms with Gasteiger partial charge in [-0.25, -0.2) is 0 Å². The van der Waals surface area contributed by atoms with E-state index in [1.807, 2.05) is 30.3 Å². The van der Waals surface area contributed by atoms with E-state index in [2.05, 4.69) is 10.2 Å². The van der Waals surface area contributed by atoms with Crippen LogP contribution in [0.3, 0.4) is 0 Å². The molecule has 0 bridgehead atoms. The molecule has 1 aliphatic heterocycles. The maximum absolute atomic E-state index is 10.5. The Kier molecular flexibility index (Phi) is 3.87. The summed E-state index contributed by atoms with van der Waals surface area (Å²) >= 11 is 0. The number of phenolic OH excluding ortho intramolecular Hbond substituents is 1. The summed E-state index contributed by atoms with van der Waals surface area (Å²) in [5.41, 5.74) is 0.640. The van der Waals surface area contributed by atoms with Crippen molar-refractivity contribution in [3.05, 3.63) is 42.0 Å². The van der Waals surface area contributed by atoms with Gasteiger partial charge in [-0.15, -0.1) is 0 Å². The predicted octanol–water partition coefficient (Wildman–Crippen LogP) is 1.48. The number of aliphatic hydroxyl groups excluding tert-OH is 1. The number of phenols is 1. The fourth-order valence-corrected chi connectivity index (χ4v) is 2.86. The van der Waals surface area contributed by atoms with E-state index in [1.54, 1.807) is 6.07 Å². The van der Waals surface area contributed by atoms with E-state index in [0.717, 1.165) is 37.0 Å². The van der Waals surface area contributed by atoms with Crippen LogP contribution < -0.4 is 5.32 Å². The smallest absolute Gasteiger partial charge is 0.122 e. The Morgan fingerprint density at radius 1 is 1.10 bits per heavy atom. The molecule has 0 aromatic heterocycles. The lowest BCUT2D eigenvalue weighted by atomic mass is 9.99. The molecule has 106 valence electrons. The van der Waals surface area contributed by atoms with Crippen LogP contribution in [0, 0.1) is 0 Å². The SMILES string of the molecule is Oc1ccc2ccccc2c1C(O)CN1CCNCC1. The van der Waals surface area contributed by atoms with Crippen molar-refractivity contribution in [3.63, 3.8) is 0 Å². The lowest BCUT2D eigenvalue weighted by Gasteiger charge is -2.29. The molecule has 1 saturated heterocycles. The Balaban J connectivity index is 1.89. The van der Waals surface area contributed by atoms with Crippen LogP contribution in [0.5, 0.6) is 5.75 Å². The summed E-state index contributed by atoms with van der Waals surface area (Å²) in [6.45, 7) is 4.33. The molecule has 1 atom stereocenters. The largest absolute Gasteiger partial charge is 0.508 e. The fourth-order valence-electron chi connectivity index (χ4n) is 2.86. The minimum Gasteiger partial charge on any atom is -0.508 e. The minimum absolute atomic E-state index is 0.173. The normalized spacial score (nSPS) is 18.2. The number of hydrogen-bond acceptors (Lipinski definition) is 4. The van der Waals surface area contributed by atoms with E-state index in [-0.39, 0.29) is 5.75 Å². The van der Waals surface area contributed by atoms with E-state index in [1.165, 1.54) is 0 Å². The molecule has 0 radical (unpaired) electrons. The Morgan fingerprint density at radius 2 is 1.85 bits per heavy atom. The molecule has 0 aliphatic carbocycles. The molecule has 4 nitrogen and oxygen atoms in total. The van der Waals surface area contributed by atoms with Crippen LogP contribution in [-0.2, 0) is 0 Å². The van der Waals surface area contributed by atoms with Crippen molar-refractivity contribution in [2.75, 3.05) is 32.7 Å². The Hall–Kier alpha value is -1.62. The second-order valence-corrected chi connectivity index (χ2v) is 5.29. The summed E-state index contributed by atoms with van der Waals surface area (Å²) in [6, 6.07) is 11.4. The van der Waals surface area contributed by atoms with Crippen molar-refractivity contribution >= 4 is 10.8 Å². The van der Waals surface area contributed by atoms with Gasteiger partial charge in [-0.1, -0.05) is 30.3 Å². The predicted molar refractivity (Wildman–Crippen MR) is 79.9 cm³/mol. The molecule has 1 aliphatic rings. The summed E-state index contributed by atoms with van der Waals surface area (Å²) in [6.07, 6.45) is -0.667. The number of aromatic hydroxyl groups is 1. The van der Waals surface area contributed by atoms with E-state index < -0.39 is 6.10 Å². The molecule has 1 heterocycles. The monoisotopic (exact) mass is 272 g/mol. The number of nitrogens with one attached hydrogen (secondary N) is 1. The maximum Gasteiger partial charge on any atom is 0.122 e. The van der Waals surface area contributed by atoms with Crippen LogP contribution >= 0.6 is 0 Å². The Morgan fingerprint density at radius 3 is 2.65 bits per heavy atom. The van der Waals surface area contributed by atoms with Crippen LogP contribution in [0.25, 0.3) is 10.8 Å². The number of nitrogens with zero attached hydrogens (tertiary/aromatic N) is 1. The van der Waals surface area contributed by atoms with Gasteiger partial charge in [0.1, 0.15) is 5.75 Å². The fraction of sp³-hybridized carbons (Fsp3) is 0.375. The second-order valence-electron chi connectivity index (χ2n) is 5.29. The average molecular weight is 272 g/mol. The van der Waals surface area contributed by atoms with Crippen molar-refractivity contribution in [1.29, 1.82) is 0 Å². The number of aliphatic hydroxyl groups is 1. The van der Waals surface area contributed by atoms with E-state index in [9.17, 15) is 10.2 Å². The lowest BCUT2D eigenvalue weighted by molar-refractivity contribution is 0.105. The van der Waals surface area contributed by atoms with Gasteiger partial charge in [0.25, 0.3) is 0 Å². The van der Waals surface area contributed by atoms with Gasteiger partial charge in [0, 0.05) is 38.3 Å². The van der Waals surface area contributed by atoms with Gasteiger partial charge < -0.3 is 15.5 Å². The van der Waals surface area contributed by atoms with Crippen LogP contribution in [0.4, 0.5) is 0 Å². The molecule has 20 heavy (non-hydrogen) atoms. The molecular formula is C16H20N2O2. The molecule has 0 spiro atoms. The van der Waals surface area contributed by atoms with Crippen molar-refractivity contribution < 1.29 is 10.2 Å². The second kappa shape index (κ2) is 5.79. The molecule has 3 rings (SSSR count). The number of hydrogen-bond donors (Lipinski definition) is 3. The molecule has 2 aromatic carbocycles. The molecule has 1 unspecified atom stereocenters. The molecule has 1 fully saturated rings. The summed E-state index contributed by atoms with van der Waals surface area (Å²) in [5.74, 6) is 0.173. The highest BCUT2D eigenvalue weighted by atomic mass is 16.3. The van der Waals surface area contributed by atoms with Gasteiger partial charge in [-0.3, -0.25) is 4.90 Å². The zero-order valence-corrected chi connectivity index (χ0v) is 11.4. The Bertz CT molecular complexity index is 594. The molecule has 2 aromatic rings. The molecular weight excluding hydrogens is 252 g/mol. The Labute approximate surface area is 118 Å². The van der Waals surface area contributed by atoms with Gasteiger partial charge in [0.15, 0.2) is 0 Å². The van der Waals surface area contributed by atoms with Crippen LogP contribution in [0.15, 0.2) is 36.4 Å². The quantitative estimate of drug-likeness (QED) is 0.792. The van der Waals surface area contributed by atoms with Gasteiger partial charge in [0.05, 0.1) is 6.10 Å². The molecule has 4 heteroatoms. The highest BCUT2D eigenvalue weighted by Gasteiger charge is 2.20. The highest BCUT2D eigenvalue weighted by Crippen LogP contribution is 2.32. The average Bonchev–Trinajstić information content (AvgIpc) is 2.48. The summed E-state index contributed by atoms with van der Waals surface area (Å²) in [5, 5.41) is 25.9. The van der Waals surface area contributed by atoms with Crippen molar-refractivity contribution in [2.24, 2.45) is 0 Å². The summed E-state index contributed by atoms with van der Waals surface area (Å²) in [4.78, 5) is 2.22. The van der Waals surface area contributed by atoms with E-state index in [0.29, 0.717) is 12.1 Å². The first kappa shape index (κ1) is 13.4. The zero-order chi connectivity index (χ0) is 13.9. The number of rotatable bonds is 3. The van der Waals surface area contributed by atoms with Gasteiger partial charge in [-0.05, 0) is 16.8 Å². The molecule has 3 N–H and O–H groups in total. The van der Waals surface area contributed by atoms with E-state index in [4.69, 9.17) is 0 Å². The van der Waals surface area contributed by atoms with Gasteiger partial charge in [0.2, 0.25) is 0 Å². The first-order valence-electron chi connectivity index (χ1n) is 7.07. The van der Waals surface area contributed by atoms with Gasteiger partial charge in [-0.2, -0.15) is 0 Å². The molecule has 0 amide bonds. The first-order valence-corrected chi connectivity index (χ1v) is 7.07. The number of piperazine rings is 1. The van der Waals surface area contributed by atoms with Crippen molar-refractivity contribution in [1.82, 2.24) is 10.2 Å². The van der Waals surface area contributed by atoms with Gasteiger partial charge >= 0.3 is 0 Å². The number of β-amino-alcohol motifs (C(OH)–C–C–N with tert-alkyl or cyclic N) is 1. The van der Waals surface area contributed by atoms with Crippen LogP contribution in [0.2, 0.25) is 0 Å². The minimum atomic E-state index is -0.667. The number of fused-ring (bicyclic) bond motifs is 1. The van der Waals surface area contributed by atoms with Crippen molar-refractivity contribution in [2.45, 2.75) is 6.10 Å².